The molecule has 0 N–H and O–H groups in total. The fraction of sp³-hybridized carbons (Fsp3) is 0.828. The quantitative estimate of drug-likeness (QED) is 0.533. The van der Waals surface area contributed by atoms with Crippen LogP contribution in [0.3, 0.4) is 0 Å². The first-order valence-corrected chi connectivity index (χ1v) is 13.6. The molecule has 0 amide bonds. The van der Waals surface area contributed by atoms with Crippen molar-refractivity contribution in [2.24, 2.45) is 45.8 Å². The van der Waals surface area contributed by atoms with Crippen LogP contribution in [0.1, 0.15) is 79.6 Å². The largest absolute Gasteiger partial charge is 0.355 e. The zero-order valence-corrected chi connectivity index (χ0v) is 21.4. The molecule has 34 heavy (non-hydrogen) atoms. The van der Waals surface area contributed by atoms with Crippen LogP contribution in [0.5, 0.6) is 0 Å². The lowest BCUT2D eigenvalue weighted by Crippen LogP contribution is -2.78. The van der Waals surface area contributed by atoms with Crippen molar-refractivity contribution in [3.63, 3.8) is 0 Å². The van der Waals surface area contributed by atoms with Crippen molar-refractivity contribution in [2.45, 2.75) is 97.4 Å². The average molecular weight is 466 g/mol. The summed E-state index contributed by atoms with van der Waals surface area (Å²) in [5.41, 5.74) is -0.0600. The number of nitrogens with zero attached hydrogens (tertiary/aromatic N) is 1. The van der Waals surface area contributed by atoms with E-state index in [9.17, 15) is 14.4 Å². The van der Waals surface area contributed by atoms with E-state index in [1.165, 1.54) is 0 Å². The first-order chi connectivity index (χ1) is 15.9. The molecule has 3 saturated heterocycles. The molecule has 0 aromatic rings. The van der Waals surface area contributed by atoms with Crippen LogP contribution in [0.4, 0.5) is 0 Å². The predicted octanol–water partition coefficient (Wildman–Crippen LogP) is 4.34. The number of rotatable bonds is 0. The van der Waals surface area contributed by atoms with Gasteiger partial charge < -0.3 is 4.74 Å². The topological polar surface area (TPSA) is 63.7 Å². The van der Waals surface area contributed by atoms with E-state index in [2.05, 4.69) is 39.5 Å². The van der Waals surface area contributed by atoms with Crippen molar-refractivity contribution in [3.05, 3.63) is 11.6 Å². The van der Waals surface area contributed by atoms with Gasteiger partial charge in [-0.25, -0.2) is 0 Å². The number of piperidine rings is 1. The number of hydrogen-bond acceptors (Lipinski definition) is 5. The summed E-state index contributed by atoms with van der Waals surface area (Å²) in [6.45, 7) is 12.3. The first kappa shape index (κ1) is 21.9. The van der Waals surface area contributed by atoms with E-state index in [1.807, 2.05) is 0 Å². The van der Waals surface area contributed by atoms with Gasteiger partial charge in [0.05, 0.1) is 12.0 Å². The Bertz CT molecular complexity index is 1060. The van der Waals surface area contributed by atoms with E-state index < -0.39 is 5.72 Å². The molecule has 6 fully saturated rings. The maximum absolute atomic E-state index is 14.0. The summed E-state index contributed by atoms with van der Waals surface area (Å²) in [7, 11) is 0. The summed E-state index contributed by atoms with van der Waals surface area (Å²) < 4.78 is 6.79. The van der Waals surface area contributed by atoms with Gasteiger partial charge in [-0.3, -0.25) is 19.3 Å². The van der Waals surface area contributed by atoms with Gasteiger partial charge in [-0.05, 0) is 73.2 Å². The van der Waals surface area contributed by atoms with Crippen LogP contribution in [-0.4, -0.2) is 46.7 Å². The van der Waals surface area contributed by atoms with Gasteiger partial charge in [-0.1, -0.05) is 33.3 Å². The van der Waals surface area contributed by atoms with E-state index in [0.29, 0.717) is 24.5 Å². The monoisotopic (exact) mass is 465 g/mol. The highest BCUT2D eigenvalue weighted by atomic mass is 16.5. The van der Waals surface area contributed by atoms with Crippen molar-refractivity contribution in [1.82, 2.24) is 4.90 Å². The summed E-state index contributed by atoms with van der Waals surface area (Å²) in [4.78, 5) is 43.7. The van der Waals surface area contributed by atoms with Crippen LogP contribution < -0.4 is 0 Å². The number of hydrogen-bond donors (Lipinski definition) is 0. The molecule has 4 aliphatic carbocycles. The summed E-state index contributed by atoms with van der Waals surface area (Å²) in [6.07, 6.45) is 7.52. The molecule has 184 valence electrons. The van der Waals surface area contributed by atoms with E-state index >= 15 is 0 Å². The van der Waals surface area contributed by atoms with E-state index in [1.54, 1.807) is 6.08 Å². The lowest BCUT2D eigenvalue weighted by Gasteiger charge is -2.74. The fourth-order valence-corrected chi connectivity index (χ4v) is 11.1. The van der Waals surface area contributed by atoms with Crippen molar-refractivity contribution in [3.8, 4) is 0 Å². The highest BCUT2D eigenvalue weighted by molar-refractivity contribution is 5.99. The second-order valence-electron chi connectivity index (χ2n) is 14.2. The van der Waals surface area contributed by atoms with Gasteiger partial charge in [0.1, 0.15) is 17.3 Å². The Labute approximate surface area is 203 Å². The molecule has 7 aliphatic rings. The molecule has 3 heterocycles. The number of carbonyl (C=O) groups excluding carboxylic acids is 3. The lowest BCUT2D eigenvalue weighted by atomic mass is 9.33. The molecular weight excluding hydrogens is 426 g/mol. The maximum atomic E-state index is 14.0. The molecule has 4 bridgehead atoms. The zero-order valence-electron chi connectivity index (χ0n) is 21.4. The average Bonchev–Trinajstić information content (AvgIpc) is 3.00. The SMILES string of the molecule is CC1=CC(=O)[C@H]2CC(=O)[C@H]3[C@@](C)(C[C@H]4N5C[C@@H]6C[C@H](C)C[C@@]5(O6)[C@H]5C[C@@]4(C)[C@@]3(C)CC5=O)[C@@H]2C1. The molecule has 0 radical (unpaired) electrons. The van der Waals surface area contributed by atoms with Crippen LogP contribution in [0.2, 0.25) is 0 Å². The van der Waals surface area contributed by atoms with Gasteiger partial charge >= 0.3 is 0 Å². The van der Waals surface area contributed by atoms with Gasteiger partial charge in [-0.15, -0.1) is 0 Å². The molecule has 3 saturated carbocycles. The molecule has 0 aromatic heterocycles. The molecular formula is C29H39NO4. The summed E-state index contributed by atoms with van der Waals surface area (Å²) >= 11 is 0. The molecule has 5 nitrogen and oxygen atoms in total. The summed E-state index contributed by atoms with van der Waals surface area (Å²) in [5.74, 6) is 1.02. The number of ether oxygens (including phenoxy) is 1. The number of fused-ring (bicyclic) bond motifs is 7. The van der Waals surface area contributed by atoms with Crippen LogP contribution in [0.15, 0.2) is 11.6 Å². The Hall–Kier alpha value is -1.33. The molecule has 3 aliphatic heterocycles. The standard InChI is InChI=1S/C29H39NO4/c1-15-7-19-18(21(31)8-15)9-22(32)25-26(19,3)13-24-27(4)11-20(23(33)12-28(25,27)5)29-10-16(2)6-17(34-29)14-30(24)29/h8,16-20,24-25H,6-7,9-14H2,1-5H3/t16-,17-,18-,19+,20-,24+,25-,26-,27+,28-,29+/m0/s1. The van der Waals surface area contributed by atoms with Crippen LogP contribution in [0.25, 0.3) is 0 Å². The molecule has 0 aromatic carbocycles. The first-order valence-electron chi connectivity index (χ1n) is 13.6. The lowest BCUT2D eigenvalue weighted by molar-refractivity contribution is -0.290. The van der Waals surface area contributed by atoms with Crippen LogP contribution in [-0.2, 0) is 19.1 Å². The van der Waals surface area contributed by atoms with Crippen molar-refractivity contribution in [2.75, 3.05) is 6.54 Å². The molecule has 5 heteroatoms. The Balaban J connectivity index is 1.42. The van der Waals surface area contributed by atoms with Gasteiger partial charge in [0.2, 0.25) is 0 Å². The van der Waals surface area contributed by atoms with Crippen molar-refractivity contribution < 1.29 is 19.1 Å². The van der Waals surface area contributed by atoms with Gasteiger partial charge in [0.15, 0.2) is 5.78 Å². The smallest absolute Gasteiger partial charge is 0.159 e. The number of carbonyl (C=O) groups is 3. The number of ketones is 3. The number of allylic oxidation sites excluding steroid dienone is 2. The third-order valence-electron chi connectivity index (χ3n) is 12.4. The second kappa shape index (κ2) is 6.32. The molecule has 7 rings (SSSR count). The summed E-state index contributed by atoms with van der Waals surface area (Å²) in [5, 5.41) is 0. The Kier molecular flexibility index (Phi) is 4.07. The van der Waals surface area contributed by atoms with E-state index in [-0.39, 0.29) is 63.6 Å². The highest BCUT2D eigenvalue weighted by Crippen LogP contribution is 2.75. The van der Waals surface area contributed by atoms with Gasteiger partial charge in [-0.2, -0.15) is 0 Å². The minimum Gasteiger partial charge on any atom is -0.355 e. The third kappa shape index (κ3) is 2.29. The third-order valence-corrected chi connectivity index (χ3v) is 12.4. The Morgan fingerprint density at radius 2 is 1.76 bits per heavy atom. The van der Waals surface area contributed by atoms with Crippen LogP contribution >= 0.6 is 0 Å². The molecule has 11 atom stereocenters. The highest BCUT2D eigenvalue weighted by Gasteiger charge is 2.78. The van der Waals surface area contributed by atoms with Crippen LogP contribution in [0, 0.1) is 45.8 Å². The minimum atomic E-state index is -0.454. The van der Waals surface area contributed by atoms with E-state index in [0.717, 1.165) is 44.2 Å². The Morgan fingerprint density at radius 3 is 2.53 bits per heavy atom. The molecule has 0 unspecified atom stereocenters. The minimum absolute atomic E-state index is 0.0770. The fourth-order valence-electron chi connectivity index (χ4n) is 11.1. The normalized spacial score (nSPS) is 58.1. The summed E-state index contributed by atoms with van der Waals surface area (Å²) in [6, 6.07) is 0.284. The predicted molar refractivity (Wildman–Crippen MR) is 127 cm³/mol. The maximum Gasteiger partial charge on any atom is 0.159 e. The van der Waals surface area contributed by atoms with Crippen molar-refractivity contribution >= 4 is 17.3 Å². The van der Waals surface area contributed by atoms with E-state index in [4.69, 9.17) is 4.74 Å². The van der Waals surface area contributed by atoms with Gasteiger partial charge in [0.25, 0.3) is 0 Å². The number of Topliss-reactive ketones (excluding diaryl/α,β-unsaturated/α-hetero) is 2. The Morgan fingerprint density at radius 1 is 1.00 bits per heavy atom. The van der Waals surface area contributed by atoms with Crippen molar-refractivity contribution in [1.29, 1.82) is 0 Å². The zero-order chi connectivity index (χ0) is 24.0. The second-order valence-corrected chi connectivity index (χ2v) is 14.2. The van der Waals surface area contributed by atoms with Gasteiger partial charge in [0, 0.05) is 37.3 Å². The molecule has 1 spiro atoms.